The van der Waals surface area contributed by atoms with Crippen LogP contribution >= 0.6 is 0 Å². The summed E-state index contributed by atoms with van der Waals surface area (Å²) in [7, 11) is 0. The summed E-state index contributed by atoms with van der Waals surface area (Å²) in [5, 5.41) is 11.2. The van der Waals surface area contributed by atoms with E-state index in [0.717, 1.165) is 13.0 Å². The Morgan fingerprint density at radius 3 is 2.93 bits per heavy atom. The molecule has 1 aliphatic heterocycles. The average molecular weight is 200 g/mol. The standard InChI is InChI=1S/C9H16N2O3/c1-7(3-2-4-8(12)13)11-6-5-10-9(11)14/h7H,2-6H2,1H3,(H,10,14)(H,12,13). The highest BCUT2D eigenvalue weighted by Gasteiger charge is 2.24. The fourth-order valence-corrected chi connectivity index (χ4v) is 1.61. The van der Waals surface area contributed by atoms with Gasteiger partial charge in [0.25, 0.3) is 0 Å². The molecule has 0 aromatic carbocycles. The van der Waals surface area contributed by atoms with Crippen molar-refractivity contribution in [1.82, 2.24) is 10.2 Å². The van der Waals surface area contributed by atoms with Gasteiger partial charge in [0.2, 0.25) is 0 Å². The largest absolute Gasteiger partial charge is 0.481 e. The Bertz CT molecular complexity index is 230. The Hall–Kier alpha value is -1.26. The van der Waals surface area contributed by atoms with Gasteiger partial charge in [-0.2, -0.15) is 0 Å². The van der Waals surface area contributed by atoms with Crippen molar-refractivity contribution < 1.29 is 14.7 Å². The lowest BCUT2D eigenvalue weighted by Gasteiger charge is -2.22. The summed E-state index contributed by atoms with van der Waals surface area (Å²) in [4.78, 5) is 23.2. The molecule has 1 fully saturated rings. The number of carbonyl (C=O) groups excluding carboxylic acids is 1. The molecule has 14 heavy (non-hydrogen) atoms. The van der Waals surface area contributed by atoms with Crippen molar-refractivity contribution in [3.63, 3.8) is 0 Å². The number of aliphatic carboxylic acids is 1. The molecule has 2 N–H and O–H groups in total. The van der Waals surface area contributed by atoms with Gasteiger partial charge < -0.3 is 15.3 Å². The van der Waals surface area contributed by atoms with Crippen LogP contribution in [0.2, 0.25) is 0 Å². The summed E-state index contributed by atoms with van der Waals surface area (Å²) < 4.78 is 0. The lowest BCUT2D eigenvalue weighted by Crippen LogP contribution is -2.36. The van der Waals surface area contributed by atoms with Crippen LogP contribution in [0.15, 0.2) is 0 Å². The van der Waals surface area contributed by atoms with Crippen molar-refractivity contribution >= 4 is 12.0 Å². The van der Waals surface area contributed by atoms with E-state index in [4.69, 9.17) is 5.11 Å². The van der Waals surface area contributed by atoms with Crippen molar-refractivity contribution in [3.05, 3.63) is 0 Å². The Labute approximate surface area is 83.1 Å². The fourth-order valence-electron chi connectivity index (χ4n) is 1.61. The second-order valence-corrected chi connectivity index (χ2v) is 3.56. The van der Waals surface area contributed by atoms with E-state index >= 15 is 0 Å². The first-order valence-corrected chi connectivity index (χ1v) is 4.87. The van der Waals surface area contributed by atoms with Gasteiger partial charge in [-0.25, -0.2) is 4.79 Å². The van der Waals surface area contributed by atoms with Gasteiger partial charge in [-0.3, -0.25) is 4.79 Å². The molecule has 0 aromatic heterocycles. The molecule has 1 atom stereocenters. The Morgan fingerprint density at radius 1 is 1.71 bits per heavy atom. The van der Waals surface area contributed by atoms with Gasteiger partial charge in [-0.15, -0.1) is 0 Å². The van der Waals surface area contributed by atoms with Crippen LogP contribution < -0.4 is 5.32 Å². The zero-order valence-corrected chi connectivity index (χ0v) is 8.32. The third-order valence-corrected chi connectivity index (χ3v) is 2.43. The maximum absolute atomic E-state index is 11.2. The fraction of sp³-hybridized carbons (Fsp3) is 0.778. The van der Waals surface area contributed by atoms with Crippen molar-refractivity contribution in [1.29, 1.82) is 0 Å². The second kappa shape index (κ2) is 4.83. The number of urea groups is 1. The molecule has 0 radical (unpaired) electrons. The Morgan fingerprint density at radius 2 is 2.43 bits per heavy atom. The van der Waals surface area contributed by atoms with Gasteiger partial charge >= 0.3 is 12.0 Å². The average Bonchev–Trinajstić information content (AvgIpc) is 2.50. The summed E-state index contributed by atoms with van der Waals surface area (Å²) in [5.41, 5.74) is 0. The zero-order chi connectivity index (χ0) is 10.6. The second-order valence-electron chi connectivity index (χ2n) is 3.56. The summed E-state index contributed by atoms with van der Waals surface area (Å²) in [5.74, 6) is -0.775. The van der Waals surface area contributed by atoms with E-state index in [1.807, 2.05) is 6.92 Å². The smallest absolute Gasteiger partial charge is 0.317 e. The number of carboxylic acid groups (broad SMARTS) is 1. The van der Waals surface area contributed by atoms with Crippen molar-refractivity contribution in [3.8, 4) is 0 Å². The van der Waals surface area contributed by atoms with Crippen LogP contribution in [0.25, 0.3) is 0 Å². The quantitative estimate of drug-likeness (QED) is 0.684. The van der Waals surface area contributed by atoms with Gasteiger partial charge in [0.1, 0.15) is 0 Å². The van der Waals surface area contributed by atoms with Crippen LogP contribution in [0, 0.1) is 0 Å². The van der Waals surface area contributed by atoms with Crippen molar-refractivity contribution in [2.45, 2.75) is 32.2 Å². The first kappa shape index (κ1) is 10.8. The maximum atomic E-state index is 11.2. The zero-order valence-electron chi connectivity index (χ0n) is 8.32. The molecule has 0 aliphatic carbocycles. The Kier molecular flexibility index (Phi) is 3.73. The summed E-state index contributed by atoms with van der Waals surface area (Å²) in [6.45, 7) is 3.38. The monoisotopic (exact) mass is 200 g/mol. The molecule has 0 spiro atoms. The molecule has 0 aromatic rings. The van der Waals surface area contributed by atoms with Gasteiger partial charge in [0, 0.05) is 25.6 Å². The molecule has 2 amide bonds. The molecule has 5 nitrogen and oxygen atoms in total. The number of nitrogens with one attached hydrogen (secondary N) is 1. The molecule has 1 saturated heterocycles. The molecular formula is C9H16N2O3. The number of carboxylic acids is 1. The van der Waals surface area contributed by atoms with Crippen LogP contribution in [-0.2, 0) is 4.79 Å². The van der Waals surface area contributed by atoms with Crippen LogP contribution in [0.4, 0.5) is 4.79 Å². The van der Waals surface area contributed by atoms with E-state index in [9.17, 15) is 9.59 Å². The first-order valence-electron chi connectivity index (χ1n) is 4.87. The summed E-state index contributed by atoms with van der Waals surface area (Å²) in [6.07, 6.45) is 1.56. The maximum Gasteiger partial charge on any atom is 0.317 e. The van der Waals surface area contributed by atoms with E-state index in [2.05, 4.69) is 5.32 Å². The highest BCUT2D eigenvalue weighted by atomic mass is 16.4. The number of hydrogen-bond acceptors (Lipinski definition) is 2. The SMILES string of the molecule is CC(CCCC(=O)O)N1CCNC1=O. The number of amides is 2. The molecule has 80 valence electrons. The van der Waals surface area contributed by atoms with E-state index in [-0.39, 0.29) is 18.5 Å². The number of carbonyl (C=O) groups is 2. The number of nitrogens with zero attached hydrogens (tertiary/aromatic N) is 1. The molecule has 1 rings (SSSR count). The molecule has 0 saturated carbocycles. The normalized spacial score (nSPS) is 18.1. The highest BCUT2D eigenvalue weighted by molar-refractivity contribution is 5.76. The predicted molar refractivity (Wildman–Crippen MR) is 51.1 cm³/mol. The molecule has 0 bridgehead atoms. The van der Waals surface area contributed by atoms with Gasteiger partial charge in [0.05, 0.1) is 0 Å². The lowest BCUT2D eigenvalue weighted by molar-refractivity contribution is -0.137. The van der Waals surface area contributed by atoms with E-state index in [1.165, 1.54) is 0 Å². The minimum Gasteiger partial charge on any atom is -0.481 e. The van der Waals surface area contributed by atoms with Gasteiger partial charge in [0.15, 0.2) is 0 Å². The van der Waals surface area contributed by atoms with E-state index in [0.29, 0.717) is 13.0 Å². The van der Waals surface area contributed by atoms with Gasteiger partial charge in [-0.1, -0.05) is 0 Å². The van der Waals surface area contributed by atoms with E-state index in [1.54, 1.807) is 4.90 Å². The molecule has 1 heterocycles. The van der Waals surface area contributed by atoms with Crippen LogP contribution in [0.1, 0.15) is 26.2 Å². The van der Waals surface area contributed by atoms with E-state index < -0.39 is 5.97 Å². The van der Waals surface area contributed by atoms with Crippen LogP contribution in [0.5, 0.6) is 0 Å². The third-order valence-electron chi connectivity index (χ3n) is 2.43. The highest BCUT2D eigenvalue weighted by Crippen LogP contribution is 2.10. The molecule has 5 heteroatoms. The number of rotatable bonds is 5. The third kappa shape index (κ3) is 2.90. The van der Waals surface area contributed by atoms with Crippen LogP contribution in [-0.4, -0.2) is 41.1 Å². The Balaban J connectivity index is 2.23. The minimum atomic E-state index is -0.775. The molecular weight excluding hydrogens is 184 g/mol. The van der Waals surface area contributed by atoms with Crippen molar-refractivity contribution in [2.75, 3.05) is 13.1 Å². The topological polar surface area (TPSA) is 69.6 Å². The summed E-state index contributed by atoms with van der Waals surface area (Å²) >= 11 is 0. The lowest BCUT2D eigenvalue weighted by atomic mass is 10.1. The van der Waals surface area contributed by atoms with Gasteiger partial charge in [-0.05, 0) is 19.8 Å². The molecule has 1 aliphatic rings. The van der Waals surface area contributed by atoms with Crippen molar-refractivity contribution in [2.24, 2.45) is 0 Å². The van der Waals surface area contributed by atoms with Crippen LogP contribution in [0.3, 0.4) is 0 Å². The molecule has 1 unspecified atom stereocenters. The number of hydrogen-bond donors (Lipinski definition) is 2. The summed E-state index contributed by atoms with van der Waals surface area (Å²) in [6, 6.07) is 0.102. The minimum absolute atomic E-state index is 0.0344. The predicted octanol–water partition coefficient (Wildman–Crippen LogP) is 0.655. The first-order chi connectivity index (χ1) is 6.61.